The van der Waals surface area contributed by atoms with Crippen molar-refractivity contribution in [2.75, 3.05) is 44.3 Å². The second kappa shape index (κ2) is 9.77. The van der Waals surface area contributed by atoms with E-state index in [4.69, 9.17) is 21.3 Å². The van der Waals surface area contributed by atoms with Gasteiger partial charge in [-0.15, -0.1) is 0 Å². The molecule has 0 aliphatic carbocycles. The lowest BCUT2D eigenvalue weighted by Crippen LogP contribution is -2.39. The topological polar surface area (TPSA) is 45.7 Å². The minimum absolute atomic E-state index is 0.0319. The molecule has 5 nitrogen and oxygen atoms in total. The number of fused-ring (bicyclic) bond motifs is 2. The summed E-state index contributed by atoms with van der Waals surface area (Å²) in [5, 5.41) is 3.54. The van der Waals surface area contributed by atoms with Crippen molar-refractivity contribution < 1.29 is 9.53 Å². The number of amides is 1. The molecule has 1 aliphatic rings. The molecular weight excluding hydrogens is 454 g/mol. The van der Waals surface area contributed by atoms with Gasteiger partial charge in [-0.05, 0) is 47.9 Å². The summed E-state index contributed by atoms with van der Waals surface area (Å²) in [6, 6.07) is 17.9. The maximum Gasteiger partial charge on any atom is 0.260 e. The molecule has 5 rings (SSSR count). The molecule has 0 unspecified atom stereocenters. The maximum atomic E-state index is 13.7. The first-order valence-electron chi connectivity index (χ1n) is 11.3. The van der Waals surface area contributed by atoms with Crippen molar-refractivity contribution in [1.29, 1.82) is 0 Å². The lowest BCUT2D eigenvalue weighted by atomic mass is 10.1. The van der Waals surface area contributed by atoms with Crippen LogP contribution < -0.4 is 4.90 Å². The number of thiazole rings is 1. The number of carbonyl (C=O) groups is 1. The lowest BCUT2D eigenvalue weighted by molar-refractivity contribution is 0.0376. The average molecular weight is 480 g/mol. The van der Waals surface area contributed by atoms with Crippen LogP contribution in [-0.4, -0.2) is 55.2 Å². The van der Waals surface area contributed by atoms with Crippen LogP contribution in [0.15, 0.2) is 54.6 Å². The third-order valence-electron chi connectivity index (χ3n) is 6.12. The quantitative estimate of drug-likeness (QED) is 0.351. The highest BCUT2D eigenvalue weighted by molar-refractivity contribution is 7.23. The molecule has 4 aromatic rings. The summed E-state index contributed by atoms with van der Waals surface area (Å²) in [5.41, 5.74) is 2.59. The van der Waals surface area contributed by atoms with Gasteiger partial charge in [-0.3, -0.25) is 14.6 Å². The first-order chi connectivity index (χ1) is 16.1. The number of carbonyl (C=O) groups excluding carboxylic acids is 1. The predicted octanol–water partition coefficient (Wildman–Crippen LogP) is 5.78. The van der Waals surface area contributed by atoms with Gasteiger partial charge in [-0.25, -0.2) is 4.98 Å². The highest BCUT2D eigenvalue weighted by atomic mass is 35.5. The van der Waals surface area contributed by atoms with E-state index >= 15 is 0 Å². The second-order valence-corrected chi connectivity index (χ2v) is 9.75. The molecular formula is C26H26ClN3O2S. The number of benzene rings is 3. The van der Waals surface area contributed by atoms with Crippen LogP contribution in [0.3, 0.4) is 0 Å². The van der Waals surface area contributed by atoms with Crippen molar-refractivity contribution in [2.24, 2.45) is 0 Å². The zero-order chi connectivity index (χ0) is 22.8. The van der Waals surface area contributed by atoms with Crippen LogP contribution >= 0.6 is 22.9 Å². The third kappa shape index (κ3) is 4.75. The molecule has 0 saturated carbocycles. The van der Waals surface area contributed by atoms with E-state index in [0.717, 1.165) is 65.8 Å². The lowest BCUT2D eigenvalue weighted by Gasteiger charge is -2.27. The Morgan fingerprint density at radius 1 is 1.12 bits per heavy atom. The number of aryl methyl sites for hydroxylation is 1. The van der Waals surface area contributed by atoms with E-state index < -0.39 is 0 Å². The third-order valence-corrected chi connectivity index (χ3v) is 7.66. The molecule has 3 aromatic carbocycles. The molecule has 170 valence electrons. The largest absolute Gasteiger partial charge is 0.379 e. The standard InChI is InChI=1S/C26H26ClN3O2S/c1-18-7-10-22(27)24-23(18)28-26(33-24)30(12-4-11-29-13-15-32-16-14-29)25(31)21-9-8-19-5-2-3-6-20(19)17-21/h2-3,5-10,17H,4,11-16H2,1H3. The van der Waals surface area contributed by atoms with E-state index in [2.05, 4.69) is 11.0 Å². The summed E-state index contributed by atoms with van der Waals surface area (Å²) < 4.78 is 6.38. The number of aromatic nitrogens is 1. The summed E-state index contributed by atoms with van der Waals surface area (Å²) in [5.74, 6) is -0.0319. The van der Waals surface area contributed by atoms with E-state index in [1.807, 2.05) is 60.4 Å². The number of hydrogen-bond donors (Lipinski definition) is 0. The van der Waals surface area contributed by atoms with Crippen molar-refractivity contribution >= 4 is 55.0 Å². The van der Waals surface area contributed by atoms with Gasteiger partial charge < -0.3 is 4.74 Å². The van der Waals surface area contributed by atoms with Gasteiger partial charge in [0, 0.05) is 31.7 Å². The van der Waals surface area contributed by atoms with Gasteiger partial charge in [-0.2, -0.15) is 0 Å². The van der Waals surface area contributed by atoms with Crippen LogP contribution in [0.5, 0.6) is 0 Å². The van der Waals surface area contributed by atoms with Crippen LogP contribution in [0.25, 0.3) is 21.0 Å². The molecule has 0 N–H and O–H groups in total. The van der Waals surface area contributed by atoms with Crippen LogP contribution in [0.2, 0.25) is 5.02 Å². The number of anilines is 1. The zero-order valence-electron chi connectivity index (χ0n) is 18.6. The number of morpholine rings is 1. The van der Waals surface area contributed by atoms with Gasteiger partial charge in [0.25, 0.3) is 5.91 Å². The summed E-state index contributed by atoms with van der Waals surface area (Å²) >= 11 is 7.95. The average Bonchev–Trinajstić information content (AvgIpc) is 3.31. The molecule has 33 heavy (non-hydrogen) atoms. The molecule has 0 radical (unpaired) electrons. The van der Waals surface area contributed by atoms with Crippen molar-refractivity contribution in [2.45, 2.75) is 13.3 Å². The van der Waals surface area contributed by atoms with Crippen molar-refractivity contribution in [3.8, 4) is 0 Å². The number of ether oxygens (including phenoxy) is 1. The molecule has 1 saturated heterocycles. The monoisotopic (exact) mass is 479 g/mol. The Morgan fingerprint density at radius 3 is 2.70 bits per heavy atom. The van der Waals surface area contributed by atoms with Gasteiger partial charge in [0.1, 0.15) is 0 Å². The molecule has 7 heteroatoms. The van der Waals surface area contributed by atoms with Crippen molar-refractivity contribution in [3.63, 3.8) is 0 Å². The number of nitrogens with zero attached hydrogens (tertiary/aromatic N) is 3. The van der Waals surface area contributed by atoms with E-state index in [1.165, 1.54) is 11.3 Å². The summed E-state index contributed by atoms with van der Waals surface area (Å²) in [7, 11) is 0. The summed E-state index contributed by atoms with van der Waals surface area (Å²) in [4.78, 5) is 22.8. The minimum atomic E-state index is -0.0319. The highest BCUT2D eigenvalue weighted by Crippen LogP contribution is 2.36. The van der Waals surface area contributed by atoms with Crippen LogP contribution in [-0.2, 0) is 4.74 Å². The number of hydrogen-bond acceptors (Lipinski definition) is 5. The predicted molar refractivity (Wildman–Crippen MR) is 137 cm³/mol. The SMILES string of the molecule is Cc1ccc(Cl)c2sc(N(CCCN3CCOCC3)C(=O)c3ccc4ccccc4c3)nc12. The number of rotatable bonds is 6. The van der Waals surface area contributed by atoms with Crippen LogP contribution in [0.4, 0.5) is 5.13 Å². The van der Waals surface area contributed by atoms with Gasteiger partial charge in [-0.1, -0.05) is 59.3 Å². The number of halogens is 1. The van der Waals surface area contributed by atoms with Gasteiger partial charge in [0.2, 0.25) is 0 Å². The first-order valence-corrected chi connectivity index (χ1v) is 12.5. The smallest absolute Gasteiger partial charge is 0.260 e. The van der Waals surface area contributed by atoms with Crippen LogP contribution in [0, 0.1) is 6.92 Å². The maximum absolute atomic E-state index is 13.7. The second-order valence-electron chi connectivity index (χ2n) is 8.36. The molecule has 1 fully saturated rings. The first kappa shape index (κ1) is 22.3. The molecule has 0 spiro atoms. The van der Waals surface area contributed by atoms with Gasteiger partial charge in [0.15, 0.2) is 5.13 Å². The Morgan fingerprint density at radius 2 is 1.91 bits per heavy atom. The fourth-order valence-corrected chi connectivity index (χ4v) is 5.59. The molecule has 1 aromatic heterocycles. The molecule has 2 heterocycles. The molecule has 0 atom stereocenters. The molecule has 1 amide bonds. The Labute approximate surface area is 202 Å². The summed E-state index contributed by atoms with van der Waals surface area (Å²) in [6.45, 7) is 6.97. The zero-order valence-corrected chi connectivity index (χ0v) is 20.2. The fraction of sp³-hybridized carbons (Fsp3) is 0.308. The molecule has 0 bridgehead atoms. The van der Waals surface area contributed by atoms with E-state index in [0.29, 0.717) is 22.3 Å². The Hall–Kier alpha value is -2.51. The van der Waals surface area contributed by atoms with E-state index in [9.17, 15) is 4.79 Å². The fourth-order valence-electron chi connectivity index (χ4n) is 4.25. The van der Waals surface area contributed by atoms with Gasteiger partial charge >= 0.3 is 0 Å². The molecule has 1 aliphatic heterocycles. The normalized spacial score (nSPS) is 14.7. The van der Waals surface area contributed by atoms with Gasteiger partial charge in [0.05, 0.1) is 28.5 Å². The summed E-state index contributed by atoms with van der Waals surface area (Å²) in [6.07, 6.45) is 0.863. The Balaban J connectivity index is 1.46. The van der Waals surface area contributed by atoms with Crippen molar-refractivity contribution in [1.82, 2.24) is 9.88 Å². The van der Waals surface area contributed by atoms with E-state index in [1.54, 1.807) is 0 Å². The Bertz CT molecular complexity index is 1260. The highest BCUT2D eigenvalue weighted by Gasteiger charge is 2.23. The van der Waals surface area contributed by atoms with E-state index in [-0.39, 0.29) is 5.91 Å². The minimum Gasteiger partial charge on any atom is -0.379 e. The van der Waals surface area contributed by atoms with Crippen molar-refractivity contribution in [3.05, 3.63) is 70.7 Å². The van der Waals surface area contributed by atoms with Crippen LogP contribution in [0.1, 0.15) is 22.3 Å². The Kier molecular flexibility index (Phi) is 6.60.